The Hall–Kier alpha value is -2.71. The van der Waals surface area contributed by atoms with Gasteiger partial charge in [-0.2, -0.15) is 5.10 Å². The maximum absolute atomic E-state index is 12.9. The van der Waals surface area contributed by atoms with Crippen molar-refractivity contribution in [2.75, 3.05) is 19.6 Å². The van der Waals surface area contributed by atoms with Gasteiger partial charge in [0.15, 0.2) is 0 Å². The molecule has 0 atom stereocenters. The van der Waals surface area contributed by atoms with Gasteiger partial charge >= 0.3 is 0 Å². The molecule has 1 amide bonds. The zero-order valence-corrected chi connectivity index (χ0v) is 17.8. The van der Waals surface area contributed by atoms with E-state index >= 15 is 0 Å². The first-order chi connectivity index (χ1) is 14.2. The van der Waals surface area contributed by atoms with Gasteiger partial charge in [0.05, 0.1) is 18.4 Å². The molecule has 3 aromatic rings. The second-order valence-electron chi connectivity index (χ2n) is 7.88. The van der Waals surface area contributed by atoms with E-state index in [0.717, 1.165) is 74.0 Å². The van der Waals surface area contributed by atoms with Crippen LogP contribution in [0.5, 0.6) is 0 Å². The number of rotatable bonds is 3. The molecule has 0 aliphatic carbocycles. The summed E-state index contributed by atoms with van der Waals surface area (Å²) in [6.45, 7) is 6.20. The van der Waals surface area contributed by atoms with Gasteiger partial charge in [0, 0.05) is 43.9 Å². The van der Waals surface area contributed by atoms with Crippen LogP contribution in [0.25, 0.3) is 5.69 Å². The Morgan fingerprint density at radius 2 is 1.87 bits per heavy atom. The SMILES string of the molecule is Cc1cnn(-c2ccc(C(=O)N3CCC(c4nnc5n4CCNC5)CC3)cc2)c1.Cl. The lowest BCUT2D eigenvalue weighted by atomic mass is 9.95. The van der Waals surface area contributed by atoms with E-state index in [9.17, 15) is 4.79 Å². The number of amides is 1. The molecule has 30 heavy (non-hydrogen) atoms. The molecule has 1 aromatic carbocycles. The van der Waals surface area contributed by atoms with Crippen LogP contribution in [0.15, 0.2) is 36.7 Å². The number of piperidine rings is 1. The van der Waals surface area contributed by atoms with Crippen molar-refractivity contribution in [2.45, 2.75) is 38.8 Å². The van der Waals surface area contributed by atoms with Gasteiger partial charge in [-0.3, -0.25) is 4.79 Å². The number of aryl methyl sites for hydroxylation is 1. The summed E-state index contributed by atoms with van der Waals surface area (Å²) < 4.78 is 4.08. The van der Waals surface area contributed by atoms with Crippen LogP contribution in [0.3, 0.4) is 0 Å². The molecule has 4 heterocycles. The van der Waals surface area contributed by atoms with Crippen molar-refractivity contribution < 1.29 is 4.79 Å². The molecule has 1 N–H and O–H groups in total. The van der Waals surface area contributed by atoms with Crippen LogP contribution in [-0.4, -0.2) is 55.0 Å². The first-order valence-electron chi connectivity index (χ1n) is 10.2. The van der Waals surface area contributed by atoms with Crippen molar-refractivity contribution in [1.29, 1.82) is 0 Å². The first kappa shape index (κ1) is 20.6. The number of nitrogens with one attached hydrogen (secondary N) is 1. The van der Waals surface area contributed by atoms with Crippen molar-refractivity contribution in [3.63, 3.8) is 0 Å². The highest BCUT2D eigenvalue weighted by molar-refractivity contribution is 5.94. The zero-order chi connectivity index (χ0) is 19.8. The van der Waals surface area contributed by atoms with E-state index in [1.165, 1.54) is 0 Å². The molecule has 1 saturated heterocycles. The maximum Gasteiger partial charge on any atom is 0.253 e. The highest BCUT2D eigenvalue weighted by Gasteiger charge is 2.29. The van der Waals surface area contributed by atoms with Crippen LogP contribution in [0.2, 0.25) is 0 Å². The summed E-state index contributed by atoms with van der Waals surface area (Å²) in [4.78, 5) is 14.9. The number of hydrogen-bond acceptors (Lipinski definition) is 5. The van der Waals surface area contributed by atoms with E-state index in [4.69, 9.17) is 0 Å². The largest absolute Gasteiger partial charge is 0.339 e. The molecule has 0 spiro atoms. The number of likely N-dealkylation sites (tertiary alicyclic amines) is 1. The Bertz CT molecular complexity index is 1020. The number of hydrogen-bond donors (Lipinski definition) is 1. The molecular formula is C21H26ClN7O. The van der Waals surface area contributed by atoms with Crippen LogP contribution in [0.1, 0.15) is 46.3 Å². The normalized spacial score (nSPS) is 16.8. The summed E-state index contributed by atoms with van der Waals surface area (Å²) in [6, 6.07) is 7.68. The van der Waals surface area contributed by atoms with E-state index in [-0.39, 0.29) is 18.3 Å². The van der Waals surface area contributed by atoms with Crippen molar-refractivity contribution >= 4 is 18.3 Å². The summed E-state index contributed by atoms with van der Waals surface area (Å²) >= 11 is 0. The van der Waals surface area contributed by atoms with Gasteiger partial charge in [0.1, 0.15) is 11.6 Å². The number of carbonyl (C=O) groups is 1. The minimum Gasteiger partial charge on any atom is -0.339 e. The summed E-state index contributed by atoms with van der Waals surface area (Å²) in [7, 11) is 0. The molecule has 0 radical (unpaired) electrons. The molecule has 9 heteroatoms. The molecule has 158 valence electrons. The quantitative estimate of drug-likeness (QED) is 0.693. The summed E-state index contributed by atoms with van der Waals surface area (Å²) in [6.07, 6.45) is 5.66. The second kappa shape index (κ2) is 8.57. The molecule has 8 nitrogen and oxygen atoms in total. The number of benzene rings is 1. The van der Waals surface area contributed by atoms with E-state index in [1.54, 1.807) is 0 Å². The summed E-state index contributed by atoms with van der Waals surface area (Å²) in [5.41, 5.74) is 2.79. The van der Waals surface area contributed by atoms with Crippen LogP contribution >= 0.6 is 12.4 Å². The Labute approximate surface area is 181 Å². The monoisotopic (exact) mass is 427 g/mol. The number of fused-ring (bicyclic) bond motifs is 1. The average molecular weight is 428 g/mol. The third kappa shape index (κ3) is 3.85. The lowest BCUT2D eigenvalue weighted by Gasteiger charge is -2.32. The van der Waals surface area contributed by atoms with E-state index in [0.29, 0.717) is 5.92 Å². The summed E-state index contributed by atoms with van der Waals surface area (Å²) in [5.74, 6) is 2.59. The van der Waals surface area contributed by atoms with Crippen LogP contribution in [0.4, 0.5) is 0 Å². The standard InChI is InChI=1S/C21H25N7O.ClH/c1-15-12-23-28(14-15)18-4-2-17(3-5-18)21(29)26-9-6-16(7-10-26)20-25-24-19-13-22-8-11-27(19)20;/h2-5,12,14,16,22H,6-11,13H2,1H3;1H. The molecule has 0 saturated carbocycles. The van der Waals surface area contributed by atoms with Gasteiger partial charge in [-0.05, 0) is 49.6 Å². The molecule has 2 aromatic heterocycles. The van der Waals surface area contributed by atoms with Crippen LogP contribution in [-0.2, 0) is 13.1 Å². The lowest BCUT2D eigenvalue weighted by molar-refractivity contribution is 0.0710. The molecular weight excluding hydrogens is 402 g/mol. The third-order valence-corrected chi connectivity index (χ3v) is 5.89. The van der Waals surface area contributed by atoms with Gasteiger partial charge in [-0.15, -0.1) is 22.6 Å². The van der Waals surface area contributed by atoms with Gasteiger partial charge < -0.3 is 14.8 Å². The molecule has 1 fully saturated rings. The molecule has 0 unspecified atom stereocenters. The maximum atomic E-state index is 12.9. The molecule has 2 aliphatic rings. The molecule has 0 bridgehead atoms. The highest BCUT2D eigenvalue weighted by Crippen LogP contribution is 2.28. The number of nitrogens with zero attached hydrogens (tertiary/aromatic N) is 6. The second-order valence-corrected chi connectivity index (χ2v) is 7.88. The predicted molar refractivity (Wildman–Crippen MR) is 115 cm³/mol. The van der Waals surface area contributed by atoms with Crippen molar-refractivity contribution in [3.05, 3.63) is 59.4 Å². The van der Waals surface area contributed by atoms with E-state index in [2.05, 4.69) is 25.2 Å². The van der Waals surface area contributed by atoms with Gasteiger partial charge in [-0.1, -0.05) is 0 Å². The minimum atomic E-state index is 0. The molecule has 5 rings (SSSR count). The lowest BCUT2D eigenvalue weighted by Crippen LogP contribution is -2.38. The summed E-state index contributed by atoms with van der Waals surface area (Å²) in [5, 5.41) is 16.4. The fraction of sp³-hybridized carbons (Fsp3) is 0.429. The van der Waals surface area contributed by atoms with Crippen LogP contribution in [0, 0.1) is 6.92 Å². The van der Waals surface area contributed by atoms with E-state index in [1.807, 2.05) is 53.2 Å². The smallest absolute Gasteiger partial charge is 0.253 e. The van der Waals surface area contributed by atoms with Gasteiger partial charge in [0.25, 0.3) is 5.91 Å². The topological polar surface area (TPSA) is 80.9 Å². The Balaban J connectivity index is 0.00000218. The van der Waals surface area contributed by atoms with Crippen molar-refractivity contribution in [2.24, 2.45) is 0 Å². The number of halogens is 1. The fourth-order valence-corrected chi connectivity index (χ4v) is 4.25. The number of aromatic nitrogens is 5. The van der Waals surface area contributed by atoms with Crippen molar-refractivity contribution in [1.82, 2.24) is 34.8 Å². The fourth-order valence-electron chi connectivity index (χ4n) is 4.25. The predicted octanol–water partition coefficient (Wildman–Crippen LogP) is 2.32. The van der Waals surface area contributed by atoms with E-state index < -0.39 is 0 Å². The first-order valence-corrected chi connectivity index (χ1v) is 10.2. The Morgan fingerprint density at radius 1 is 1.10 bits per heavy atom. The minimum absolute atomic E-state index is 0. The third-order valence-electron chi connectivity index (χ3n) is 5.89. The Kier molecular flexibility index (Phi) is 5.87. The highest BCUT2D eigenvalue weighted by atomic mass is 35.5. The average Bonchev–Trinajstić information content (AvgIpc) is 3.40. The van der Waals surface area contributed by atoms with Crippen LogP contribution < -0.4 is 5.32 Å². The van der Waals surface area contributed by atoms with Crippen molar-refractivity contribution in [3.8, 4) is 5.69 Å². The Morgan fingerprint density at radius 3 is 2.57 bits per heavy atom. The van der Waals surface area contributed by atoms with Gasteiger partial charge in [0.2, 0.25) is 0 Å². The number of carbonyl (C=O) groups excluding carboxylic acids is 1. The zero-order valence-electron chi connectivity index (χ0n) is 17.0. The van der Waals surface area contributed by atoms with Gasteiger partial charge in [-0.25, -0.2) is 4.68 Å². The molecule has 2 aliphatic heterocycles.